The smallest absolute Gasteiger partial charge is 0.255 e. The van der Waals surface area contributed by atoms with Gasteiger partial charge in [0.2, 0.25) is 0 Å². The molecule has 2 aromatic rings. The summed E-state index contributed by atoms with van der Waals surface area (Å²) < 4.78 is 14.7. The minimum atomic E-state index is -0.453. The third-order valence-corrected chi connectivity index (χ3v) is 3.96. The number of halogens is 3. The van der Waals surface area contributed by atoms with Crippen LogP contribution in [0.2, 0.25) is 0 Å². The lowest BCUT2D eigenvalue weighted by molar-refractivity contribution is 0.102. The number of hydrogen-bond donors (Lipinski definition) is 1. The second-order valence-electron chi connectivity index (χ2n) is 4.02. The van der Waals surface area contributed by atoms with E-state index in [1.54, 1.807) is 12.1 Å². The Morgan fingerprint density at radius 2 is 1.95 bits per heavy atom. The number of anilines is 1. The molecule has 0 atom stereocenters. The van der Waals surface area contributed by atoms with E-state index >= 15 is 0 Å². The third kappa shape index (κ3) is 3.42. The molecule has 0 aromatic heterocycles. The highest BCUT2D eigenvalue weighted by molar-refractivity contribution is 9.10. The molecule has 0 fully saturated rings. The average molecular weight is 387 g/mol. The van der Waals surface area contributed by atoms with E-state index in [4.69, 9.17) is 0 Å². The van der Waals surface area contributed by atoms with Crippen molar-refractivity contribution in [2.45, 2.75) is 6.92 Å². The monoisotopic (exact) mass is 385 g/mol. The normalized spacial score (nSPS) is 10.3. The second-order valence-corrected chi connectivity index (χ2v) is 5.79. The molecule has 0 bridgehead atoms. The van der Waals surface area contributed by atoms with Crippen molar-refractivity contribution in [3.05, 3.63) is 62.3 Å². The van der Waals surface area contributed by atoms with Crippen LogP contribution in [0.3, 0.4) is 0 Å². The van der Waals surface area contributed by atoms with Crippen LogP contribution in [0.1, 0.15) is 15.9 Å². The summed E-state index contributed by atoms with van der Waals surface area (Å²) in [5, 5.41) is 2.77. The molecule has 2 aromatic carbocycles. The highest BCUT2D eigenvalue weighted by atomic mass is 79.9. The number of nitrogens with one attached hydrogen (secondary N) is 1. The van der Waals surface area contributed by atoms with E-state index in [9.17, 15) is 9.18 Å². The lowest BCUT2D eigenvalue weighted by Crippen LogP contribution is -2.13. The number of carbonyl (C=O) groups is 1. The van der Waals surface area contributed by atoms with Crippen LogP contribution in [0, 0.1) is 12.7 Å². The van der Waals surface area contributed by atoms with Gasteiger partial charge in [-0.2, -0.15) is 0 Å². The molecule has 0 aliphatic heterocycles. The van der Waals surface area contributed by atoms with Crippen LogP contribution in [-0.4, -0.2) is 5.91 Å². The summed E-state index contributed by atoms with van der Waals surface area (Å²) in [6.45, 7) is 1.89. The number of rotatable bonds is 2. The summed E-state index contributed by atoms with van der Waals surface area (Å²) in [6, 6.07) is 9.60. The zero-order chi connectivity index (χ0) is 14.0. The highest BCUT2D eigenvalue weighted by Crippen LogP contribution is 2.24. The Labute approximate surface area is 127 Å². The van der Waals surface area contributed by atoms with E-state index in [2.05, 4.69) is 37.2 Å². The standard InChI is InChI=1S/C14H10Br2FNO/c1-8-12(16)3-2-4-13(8)18-14(19)9-5-10(15)7-11(17)6-9/h2-7H,1H3,(H,18,19). The fourth-order valence-corrected chi connectivity index (χ4v) is 2.45. The lowest BCUT2D eigenvalue weighted by atomic mass is 10.1. The summed E-state index contributed by atoms with van der Waals surface area (Å²) in [7, 11) is 0. The number of carbonyl (C=O) groups excluding carboxylic acids is 1. The molecule has 98 valence electrons. The molecule has 2 rings (SSSR count). The van der Waals surface area contributed by atoms with E-state index in [-0.39, 0.29) is 11.5 Å². The van der Waals surface area contributed by atoms with E-state index in [1.807, 2.05) is 19.1 Å². The van der Waals surface area contributed by atoms with E-state index in [0.717, 1.165) is 10.0 Å². The third-order valence-electron chi connectivity index (χ3n) is 2.64. The SMILES string of the molecule is Cc1c(Br)cccc1NC(=O)c1cc(F)cc(Br)c1. The molecule has 0 heterocycles. The molecule has 1 N–H and O–H groups in total. The fourth-order valence-electron chi connectivity index (χ4n) is 1.62. The number of benzene rings is 2. The Morgan fingerprint density at radius 1 is 1.21 bits per heavy atom. The molecule has 0 aliphatic rings. The van der Waals surface area contributed by atoms with Crippen molar-refractivity contribution in [1.82, 2.24) is 0 Å². The first-order valence-electron chi connectivity index (χ1n) is 5.50. The van der Waals surface area contributed by atoms with Gasteiger partial charge in [0.1, 0.15) is 5.82 Å². The van der Waals surface area contributed by atoms with Crippen LogP contribution >= 0.6 is 31.9 Å². The lowest BCUT2D eigenvalue weighted by Gasteiger charge is -2.10. The summed E-state index contributed by atoms with van der Waals surface area (Å²) in [6.07, 6.45) is 0. The zero-order valence-electron chi connectivity index (χ0n) is 10.0. The quantitative estimate of drug-likeness (QED) is 0.780. The van der Waals surface area contributed by atoms with Gasteiger partial charge in [-0.3, -0.25) is 4.79 Å². The maximum atomic E-state index is 13.3. The van der Waals surface area contributed by atoms with Gasteiger partial charge in [0.25, 0.3) is 5.91 Å². The van der Waals surface area contributed by atoms with E-state index in [1.165, 1.54) is 12.1 Å². The topological polar surface area (TPSA) is 29.1 Å². The molecule has 0 aliphatic carbocycles. The molecule has 0 saturated heterocycles. The average Bonchev–Trinajstić information content (AvgIpc) is 2.33. The van der Waals surface area contributed by atoms with Crippen molar-refractivity contribution in [2.24, 2.45) is 0 Å². The van der Waals surface area contributed by atoms with Crippen LogP contribution in [0.4, 0.5) is 10.1 Å². The maximum absolute atomic E-state index is 13.3. The van der Waals surface area contributed by atoms with Crippen LogP contribution in [0.15, 0.2) is 45.3 Å². The predicted octanol–water partition coefficient (Wildman–Crippen LogP) is 4.91. The maximum Gasteiger partial charge on any atom is 0.255 e. The summed E-state index contributed by atoms with van der Waals surface area (Å²) in [5.74, 6) is -0.799. The van der Waals surface area contributed by atoms with Gasteiger partial charge in [0.15, 0.2) is 0 Å². The molecule has 5 heteroatoms. The van der Waals surface area contributed by atoms with Crippen LogP contribution in [-0.2, 0) is 0 Å². The van der Waals surface area contributed by atoms with Crippen LogP contribution in [0.25, 0.3) is 0 Å². The molecular formula is C14H10Br2FNO. The molecule has 19 heavy (non-hydrogen) atoms. The first-order chi connectivity index (χ1) is 8.97. The summed E-state index contributed by atoms with van der Waals surface area (Å²) in [4.78, 5) is 12.1. The number of hydrogen-bond acceptors (Lipinski definition) is 1. The Hall–Kier alpha value is -1.20. The highest BCUT2D eigenvalue weighted by Gasteiger charge is 2.10. The largest absolute Gasteiger partial charge is 0.322 e. The minimum absolute atomic E-state index is 0.270. The Balaban J connectivity index is 2.28. The van der Waals surface area contributed by atoms with E-state index in [0.29, 0.717) is 10.2 Å². The van der Waals surface area contributed by atoms with Gasteiger partial charge in [0.05, 0.1) is 0 Å². The van der Waals surface area contributed by atoms with Gasteiger partial charge < -0.3 is 5.32 Å². The van der Waals surface area contributed by atoms with Gasteiger partial charge in [0, 0.05) is 20.2 Å². The van der Waals surface area contributed by atoms with Crippen molar-refractivity contribution >= 4 is 43.5 Å². The Bertz CT molecular complexity index is 623. The second kappa shape index (κ2) is 5.84. The Kier molecular flexibility index (Phi) is 4.37. The summed E-state index contributed by atoms with van der Waals surface area (Å²) in [5.41, 5.74) is 1.89. The summed E-state index contributed by atoms with van der Waals surface area (Å²) >= 11 is 6.56. The molecular weight excluding hydrogens is 377 g/mol. The molecule has 0 radical (unpaired) electrons. The first kappa shape index (κ1) is 14.2. The van der Waals surface area contributed by atoms with Crippen LogP contribution < -0.4 is 5.32 Å². The molecule has 0 spiro atoms. The van der Waals surface area contributed by atoms with Crippen molar-refractivity contribution in [2.75, 3.05) is 5.32 Å². The van der Waals surface area contributed by atoms with Crippen molar-refractivity contribution in [3.8, 4) is 0 Å². The van der Waals surface area contributed by atoms with Crippen molar-refractivity contribution in [1.29, 1.82) is 0 Å². The van der Waals surface area contributed by atoms with Gasteiger partial charge >= 0.3 is 0 Å². The van der Waals surface area contributed by atoms with Crippen LogP contribution in [0.5, 0.6) is 0 Å². The minimum Gasteiger partial charge on any atom is -0.322 e. The van der Waals surface area contributed by atoms with E-state index < -0.39 is 5.82 Å². The molecule has 1 amide bonds. The first-order valence-corrected chi connectivity index (χ1v) is 7.08. The Morgan fingerprint density at radius 3 is 2.63 bits per heavy atom. The van der Waals surface area contributed by atoms with Gasteiger partial charge in [-0.15, -0.1) is 0 Å². The zero-order valence-corrected chi connectivity index (χ0v) is 13.2. The van der Waals surface area contributed by atoms with Gasteiger partial charge in [-0.05, 0) is 42.8 Å². The van der Waals surface area contributed by atoms with Crippen molar-refractivity contribution < 1.29 is 9.18 Å². The predicted molar refractivity (Wildman–Crippen MR) is 80.9 cm³/mol. The number of amides is 1. The molecule has 0 saturated carbocycles. The van der Waals surface area contributed by atoms with Gasteiger partial charge in [-0.25, -0.2) is 4.39 Å². The fraction of sp³-hybridized carbons (Fsp3) is 0.0714. The molecule has 0 unspecified atom stereocenters. The van der Waals surface area contributed by atoms with Crippen molar-refractivity contribution in [3.63, 3.8) is 0 Å². The molecule has 2 nitrogen and oxygen atoms in total. The van der Waals surface area contributed by atoms with Gasteiger partial charge in [-0.1, -0.05) is 37.9 Å².